The van der Waals surface area contributed by atoms with Gasteiger partial charge in [0, 0.05) is 13.3 Å². The Bertz CT molecular complexity index is 258. The van der Waals surface area contributed by atoms with Crippen molar-refractivity contribution >= 4 is 5.78 Å². The quantitative estimate of drug-likeness (QED) is 0.634. The van der Waals surface area contributed by atoms with E-state index in [-0.39, 0.29) is 5.78 Å². The standard InChI is InChI=1S/C9H11NO2/c1-7(12-2)9(11)8-5-3-4-6-10-8/h3-7H,1-2H3/t7-/m0/s1. The second-order valence-corrected chi connectivity index (χ2v) is 2.46. The number of carbonyl (C=O) groups is 1. The van der Waals surface area contributed by atoms with Crippen LogP contribution in [0.3, 0.4) is 0 Å². The molecule has 3 nitrogen and oxygen atoms in total. The maximum atomic E-state index is 11.4. The maximum absolute atomic E-state index is 11.4. The minimum atomic E-state index is -0.417. The minimum Gasteiger partial charge on any atom is -0.374 e. The Labute approximate surface area is 71.4 Å². The Hall–Kier alpha value is -1.22. The molecule has 1 rings (SSSR count). The normalized spacial score (nSPS) is 12.5. The first-order chi connectivity index (χ1) is 5.75. The third-order valence-electron chi connectivity index (χ3n) is 1.64. The summed E-state index contributed by atoms with van der Waals surface area (Å²) in [6, 6.07) is 5.23. The highest BCUT2D eigenvalue weighted by molar-refractivity contribution is 5.97. The third kappa shape index (κ3) is 1.89. The van der Waals surface area contributed by atoms with Gasteiger partial charge in [-0.15, -0.1) is 0 Å². The van der Waals surface area contributed by atoms with Gasteiger partial charge in [0.15, 0.2) is 0 Å². The van der Waals surface area contributed by atoms with Crippen LogP contribution in [0.15, 0.2) is 24.4 Å². The summed E-state index contributed by atoms with van der Waals surface area (Å²) in [7, 11) is 1.51. The van der Waals surface area contributed by atoms with E-state index in [9.17, 15) is 4.79 Å². The number of pyridine rings is 1. The van der Waals surface area contributed by atoms with Gasteiger partial charge in [0.25, 0.3) is 0 Å². The third-order valence-corrected chi connectivity index (χ3v) is 1.64. The van der Waals surface area contributed by atoms with E-state index < -0.39 is 6.10 Å². The molecule has 0 aliphatic heterocycles. The van der Waals surface area contributed by atoms with Crippen LogP contribution in [0, 0.1) is 0 Å². The molecule has 0 radical (unpaired) electrons. The second kappa shape index (κ2) is 3.97. The number of carbonyl (C=O) groups excluding carboxylic acids is 1. The summed E-state index contributed by atoms with van der Waals surface area (Å²) in [5.74, 6) is -0.0851. The van der Waals surface area contributed by atoms with Crippen molar-refractivity contribution in [2.24, 2.45) is 0 Å². The van der Waals surface area contributed by atoms with Crippen molar-refractivity contribution in [3.63, 3.8) is 0 Å². The average molecular weight is 165 g/mol. The first-order valence-electron chi connectivity index (χ1n) is 3.73. The van der Waals surface area contributed by atoms with Gasteiger partial charge in [-0.25, -0.2) is 0 Å². The van der Waals surface area contributed by atoms with Gasteiger partial charge < -0.3 is 4.74 Å². The molecule has 1 aromatic heterocycles. The van der Waals surface area contributed by atoms with Gasteiger partial charge in [-0.2, -0.15) is 0 Å². The van der Waals surface area contributed by atoms with Gasteiger partial charge in [-0.3, -0.25) is 9.78 Å². The van der Waals surface area contributed by atoms with E-state index in [1.807, 2.05) is 0 Å². The first-order valence-corrected chi connectivity index (χ1v) is 3.73. The number of rotatable bonds is 3. The van der Waals surface area contributed by atoms with Gasteiger partial charge in [0.05, 0.1) is 0 Å². The highest BCUT2D eigenvalue weighted by Crippen LogP contribution is 2.01. The molecular formula is C9H11NO2. The summed E-state index contributed by atoms with van der Waals surface area (Å²) in [4.78, 5) is 15.3. The lowest BCUT2D eigenvalue weighted by molar-refractivity contribution is 0.0650. The molecule has 3 heteroatoms. The zero-order chi connectivity index (χ0) is 8.97. The number of ketones is 1. The van der Waals surface area contributed by atoms with E-state index >= 15 is 0 Å². The predicted octanol–water partition coefficient (Wildman–Crippen LogP) is 1.30. The number of aromatic nitrogens is 1. The molecule has 1 atom stereocenters. The van der Waals surface area contributed by atoms with E-state index in [0.29, 0.717) is 5.69 Å². The van der Waals surface area contributed by atoms with Crippen LogP contribution in [-0.2, 0) is 4.74 Å². The number of nitrogens with zero attached hydrogens (tertiary/aromatic N) is 1. The van der Waals surface area contributed by atoms with E-state index in [1.54, 1.807) is 31.3 Å². The Morgan fingerprint density at radius 1 is 1.58 bits per heavy atom. The fourth-order valence-corrected chi connectivity index (χ4v) is 0.824. The maximum Gasteiger partial charge on any atom is 0.209 e. The fourth-order valence-electron chi connectivity index (χ4n) is 0.824. The lowest BCUT2D eigenvalue weighted by Gasteiger charge is -2.06. The highest BCUT2D eigenvalue weighted by Gasteiger charge is 2.14. The van der Waals surface area contributed by atoms with Crippen LogP contribution in [0.4, 0.5) is 0 Å². The monoisotopic (exact) mass is 165 g/mol. The predicted molar refractivity (Wildman–Crippen MR) is 45.0 cm³/mol. The molecule has 0 saturated heterocycles. The number of methoxy groups -OCH3 is 1. The van der Waals surface area contributed by atoms with Crippen LogP contribution in [0.1, 0.15) is 17.4 Å². The van der Waals surface area contributed by atoms with Crippen LogP contribution in [0.5, 0.6) is 0 Å². The van der Waals surface area contributed by atoms with E-state index in [4.69, 9.17) is 4.74 Å². The smallest absolute Gasteiger partial charge is 0.209 e. The Balaban J connectivity index is 2.79. The Morgan fingerprint density at radius 3 is 2.83 bits per heavy atom. The molecule has 0 aromatic carbocycles. The molecular weight excluding hydrogens is 154 g/mol. The van der Waals surface area contributed by atoms with Crippen LogP contribution >= 0.6 is 0 Å². The fraction of sp³-hybridized carbons (Fsp3) is 0.333. The molecule has 12 heavy (non-hydrogen) atoms. The Morgan fingerprint density at radius 2 is 2.33 bits per heavy atom. The van der Waals surface area contributed by atoms with Crippen LogP contribution in [-0.4, -0.2) is 24.0 Å². The van der Waals surface area contributed by atoms with Crippen molar-refractivity contribution in [2.75, 3.05) is 7.11 Å². The SMILES string of the molecule is CO[C@@H](C)C(=O)c1ccccn1. The Kier molecular flexibility index (Phi) is 2.94. The molecule has 0 aliphatic carbocycles. The molecule has 0 aliphatic rings. The van der Waals surface area contributed by atoms with Gasteiger partial charge in [-0.1, -0.05) is 6.07 Å². The van der Waals surface area contributed by atoms with Gasteiger partial charge in [0.2, 0.25) is 5.78 Å². The van der Waals surface area contributed by atoms with Crippen LogP contribution < -0.4 is 0 Å². The van der Waals surface area contributed by atoms with E-state index in [2.05, 4.69) is 4.98 Å². The topological polar surface area (TPSA) is 39.2 Å². The zero-order valence-corrected chi connectivity index (χ0v) is 7.15. The minimum absolute atomic E-state index is 0.0851. The molecule has 0 fully saturated rings. The van der Waals surface area contributed by atoms with Gasteiger partial charge in [0.1, 0.15) is 11.8 Å². The number of hydrogen-bond donors (Lipinski definition) is 0. The summed E-state index contributed by atoms with van der Waals surface area (Å²) < 4.78 is 4.88. The summed E-state index contributed by atoms with van der Waals surface area (Å²) in [6.07, 6.45) is 1.18. The van der Waals surface area contributed by atoms with E-state index in [1.165, 1.54) is 7.11 Å². The van der Waals surface area contributed by atoms with Gasteiger partial charge in [-0.05, 0) is 19.1 Å². The van der Waals surface area contributed by atoms with Crippen LogP contribution in [0.2, 0.25) is 0 Å². The van der Waals surface area contributed by atoms with E-state index in [0.717, 1.165) is 0 Å². The number of hydrogen-bond acceptors (Lipinski definition) is 3. The van der Waals surface area contributed by atoms with Crippen molar-refractivity contribution in [3.8, 4) is 0 Å². The zero-order valence-electron chi connectivity index (χ0n) is 7.15. The number of Topliss-reactive ketones (excluding diaryl/α,β-unsaturated/α-hetero) is 1. The van der Waals surface area contributed by atoms with Crippen molar-refractivity contribution in [1.29, 1.82) is 0 Å². The van der Waals surface area contributed by atoms with Crippen molar-refractivity contribution in [1.82, 2.24) is 4.98 Å². The summed E-state index contributed by atoms with van der Waals surface area (Å²) in [5, 5.41) is 0. The van der Waals surface area contributed by atoms with Crippen molar-refractivity contribution in [2.45, 2.75) is 13.0 Å². The summed E-state index contributed by atoms with van der Waals surface area (Å²) >= 11 is 0. The molecule has 64 valence electrons. The molecule has 0 bridgehead atoms. The molecule has 0 N–H and O–H groups in total. The molecule has 0 unspecified atom stereocenters. The largest absolute Gasteiger partial charge is 0.374 e. The molecule has 0 spiro atoms. The molecule has 0 amide bonds. The average Bonchev–Trinajstić information content (AvgIpc) is 2.17. The lowest BCUT2D eigenvalue weighted by atomic mass is 10.2. The summed E-state index contributed by atoms with van der Waals surface area (Å²) in [5.41, 5.74) is 0.451. The molecule has 0 saturated carbocycles. The second-order valence-electron chi connectivity index (χ2n) is 2.46. The number of ether oxygens (including phenoxy) is 1. The van der Waals surface area contributed by atoms with Crippen molar-refractivity contribution in [3.05, 3.63) is 30.1 Å². The summed E-state index contributed by atoms with van der Waals surface area (Å²) in [6.45, 7) is 1.71. The molecule has 1 heterocycles. The van der Waals surface area contributed by atoms with Gasteiger partial charge >= 0.3 is 0 Å². The molecule has 1 aromatic rings. The lowest BCUT2D eigenvalue weighted by Crippen LogP contribution is -2.19. The first kappa shape index (κ1) is 8.87. The van der Waals surface area contributed by atoms with Crippen LogP contribution in [0.25, 0.3) is 0 Å². The van der Waals surface area contributed by atoms with Crippen molar-refractivity contribution < 1.29 is 9.53 Å². The highest BCUT2D eigenvalue weighted by atomic mass is 16.5.